The van der Waals surface area contributed by atoms with Crippen molar-refractivity contribution < 1.29 is 14.1 Å². The monoisotopic (exact) mass is 196 g/mol. The molecule has 1 amide bonds. The summed E-state index contributed by atoms with van der Waals surface area (Å²) in [6, 6.07) is 2.80. The number of hydrogen-bond acceptors (Lipinski definition) is 4. The summed E-state index contributed by atoms with van der Waals surface area (Å²) in [7, 11) is 0. The number of nitrogens with zero attached hydrogens (tertiary/aromatic N) is 1. The van der Waals surface area contributed by atoms with Crippen LogP contribution >= 0.6 is 0 Å². The maximum atomic E-state index is 10.7. The molecular formula is C8H8N2O4. The van der Waals surface area contributed by atoms with Gasteiger partial charge >= 0.3 is 5.88 Å². The van der Waals surface area contributed by atoms with Gasteiger partial charge < -0.3 is 10.2 Å². The minimum Gasteiger partial charge on any atom is -0.406 e. The Kier molecular flexibility index (Phi) is 1.77. The smallest absolute Gasteiger partial charge is 0.406 e. The van der Waals surface area contributed by atoms with Crippen molar-refractivity contribution in [3.8, 4) is 0 Å². The summed E-state index contributed by atoms with van der Waals surface area (Å²) in [6.45, 7) is 0. The van der Waals surface area contributed by atoms with E-state index in [0.717, 1.165) is 0 Å². The predicted molar refractivity (Wildman–Crippen MR) is 45.4 cm³/mol. The molecule has 1 aromatic rings. The van der Waals surface area contributed by atoms with E-state index in [1.54, 1.807) is 0 Å². The third kappa shape index (κ3) is 1.34. The van der Waals surface area contributed by atoms with Crippen LogP contribution in [0.2, 0.25) is 0 Å². The predicted octanol–water partition coefficient (Wildman–Crippen LogP) is 0.777. The van der Waals surface area contributed by atoms with Crippen molar-refractivity contribution in [2.75, 3.05) is 0 Å². The molecular weight excluding hydrogens is 188 g/mol. The fourth-order valence-corrected chi connectivity index (χ4v) is 1.46. The van der Waals surface area contributed by atoms with Crippen LogP contribution in [0.5, 0.6) is 0 Å². The third-order valence-corrected chi connectivity index (χ3v) is 2.31. The van der Waals surface area contributed by atoms with Crippen LogP contribution in [0.4, 0.5) is 5.88 Å². The number of carbonyl (C=O) groups is 1. The van der Waals surface area contributed by atoms with E-state index >= 15 is 0 Å². The fraction of sp³-hybridized carbons (Fsp3) is 0.375. The van der Waals surface area contributed by atoms with Gasteiger partial charge in [0.05, 0.1) is 6.07 Å². The van der Waals surface area contributed by atoms with Gasteiger partial charge in [0.25, 0.3) is 0 Å². The van der Waals surface area contributed by atoms with Gasteiger partial charge in [-0.1, -0.05) is 0 Å². The largest absolute Gasteiger partial charge is 0.433 e. The summed E-state index contributed by atoms with van der Waals surface area (Å²) in [4.78, 5) is 20.4. The molecule has 14 heavy (non-hydrogen) atoms. The van der Waals surface area contributed by atoms with Crippen LogP contribution < -0.4 is 5.73 Å². The van der Waals surface area contributed by atoms with Crippen molar-refractivity contribution in [3.05, 3.63) is 28.0 Å². The zero-order valence-corrected chi connectivity index (χ0v) is 7.17. The Labute approximate surface area is 78.8 Å². The summed E-state index contributed by atoms with van der Waals surface area (Å²) in [5.41, 5.74) is 5.08. The fourth-order valence-electron chi connectivity index (χ4n) is 1.46. The number of rotatable bonds is 3. The lowest BCUT2D eigenvalue weighted by molar-refractivity contribution is -0.402. The number of carbonyl (C=O) groups excluding carboxylic acids is 1. The Morgan fingerprint density at radius 1 is 1.64 bits per heavy atom. The molecule has 1 fully saturated rings. The van der Waals surface area contributed by atoms with Gasteiger partial charge in [0.2, 0.25) is 5.91 Å². The molecule has 0 saturated heterocycles. The van der Waals surface area contributed by atoms with Gasteiger partial charge in [0, 0.05) is 11.8 Å². The maximum absolute atomic E-state index is 10.7. The van der Waals surface area contributed by atoms with E-state index in [9.17, 15) is 14.9 Å². The lowest BCUT2D eigenvalue weighted by Crippen LogP contribution is -2.13. The molecule has 2 rings (SSSR count). The molecule has 0 spiro atoms. The zero-order valence-electron chi connectivity index (χ0n) is 7.17. The summed E-state index contributed by atoms with van der Waals surface area (Å²) in [6.07, 6.45) is 0.625. The number of primary amides is 1. The quantitative estimate of drug-likeness (QED) is 0.570. The van der Waals surface area contributed by atoms with Crippen LogP contribution in [0, 0.1) is 16.0 Å². The van der Waals surface area contributed by atoms with Crippen LogP contribution in [0.15, 0.2) is 16.5 Å². The molecule has 0 bridgehead atoms. The lowest BCUT2D eigenvalue weighted by Gasteiger charge is -1.90. The highest BCUT2D eigenvalue weighted by Crippen LogP contribution is 2.48. The second kappa shape index (κ2) is 2.83. The Balaban J connectivity index is 2.12. The highest BCUT2D eigenvalue weighted by Gasteiger charge is 2.45. The molecule has 74 valence electrons. The molecule has 6 heteroatoms. The number of hydrogen-bond donors (Lipinski definition) is 1. The zero-order chi connectivity index (χ0) is 10.3. The van der Waals surface area contributed by atoms with Gasteiger partial charge in [-0.15, -0.1) is 0 Å². The van der Waals surface area contributed by atoms with E-state index in [2.05, 4.69) is 0 Å². The molecule has 1 aliphatic carbocycles. The molecule has 1 aromatic heterocycles. The van der Waals surface area contributed by atoms with E-state index in [1.807, 2.05) is 0 Å². The number of furan rings is 1. The molecule has 1 aliphatic rings. The average Bonchev–Trinajstić information content (AvgIpc) is 2.76. The van der Waals surface area contributed by atoms with E-state index in [4.69, 9.17) is 10.2 Å². The topological polar surface area (TPSA) is 99.4 Å². The van der Waals surface area contributed by atoms with Crippen molar-refractivity contribution in [2.45, 2.75) is 12.3 Å². The molecule has 6 nitrogen and oxygen atoms in total. The van der Waals surface area contributed by atoms with Crippen molar-refractivity contribution in [1.29, 1.82) is 0 Å². The normalized spacial score (nSPS) is 24.6. The summed E-state index contributed by atoms with van der Waals surface area (Å²) < 4.78 is 4.94. The Morgan fingerprint density at radius 2 is 2.36 bits per heavy atom. The van der Waals surface area contributed by atoms with Gasteiger partial charge in [-0.05, 0) is 12.5 Å². The standard InChI is InChI=1S/C8H8N2O4/c9-8(11)5-3-4(5)6-1-2-7(14-6)10(12)13/h1-2,4-5H,3H2,(H2,9,11). The first-order valence-corrected chi connectivity index (χ1v) is 4.13. The van der Waals surface area contributed by atoms with Crippen LogP contribution in [-0.2, 0) is 4.79 Å². The Hall–Kier alpha value is -1.85. The van der Waals surface area contributed by atoms with E-state index in [1.165, 1.54) is 12.1 Å². The molecule has 2 N–H and O–H groups in total. The highest BCUT2D eigenvalue weighted by atomic mass is 16.6. The minimum atomic E-state index is -0.606. The lowest BCUT2D eigenvalue weighted by atomic mass is 10.2. The summed E-state index contributed by atoms with van der Waals surface area (Å²) in [5.74, 6) is -0.494. The average molecular weight is 196 g/mol. The van der Waals surface area contributed by atoms with Crippen LogP contribution in [0.25, 0.3) is 0 Å². The van der Waals surface area contributed by atoms with Crippen molar-refractivity contribution in [2.24, 2.45) is 11.7 Å². The first kappa shape index (κ1) is 8.74. The Morgan fingerprint density at radius 3 is 2.79 bits per heavy atom. The summed E-state index contributed by atoms with van der Waals surface area (Å²) >= 11 is 0. The third-order valence-electron chi connectivity index (χ3n) is 2.31. The van der Waals surface area contributed by atoms with Crippen molar-refractivity contribution in [1.82, 2.24) is 0 Å². The van der Waals surface area contributed by atoms with Crippen molar-refractivity contribution >= 4 is 11.8 Å². The molecule has 2 atom stereocenters. The second-order valence-electron chi connectivity index (χ2n) is 3.28. The maximum Gasteiger partial charge on any atom is 0.433 e. The first-order valence-electron chi connectivity index (χ1n) is 4.13. The molecule has 1 saturated carbocycles. The molecule has 0 aromatic carbocycles. The number of nitrogens with two attached hydrogens (primary N) is 1. The van der Waals surface area contributed by atoms with Crippen molar-refractivity contribution in [3.63, 3.8) is 0 Å². The van der Waals surface area contributed by atoms with Gasteiger partial charge in [0.1, 0.15) is 10.7 Å². The number of amides is 1. The van der Waals surface area contributed by atoms with Gasteiger partial charge in [-0.25, -0.2) is 0 Å². The van der Waals surface area contributed by atoms with Gasteiger partial charge in [-0.3, -0.25) is 14.9 Å². The molecule has 0 aliphatic heterocycles. The summed E-state index contributed by atoms with van der Waals surface area (Å²) in [5, 5.41) is 10.3. The second-order valence-corrected chi connectivity index (χ2v) is 3.28. The number of nitro groups is 1. The van der Waals surface area contributed by atoms with Crippen LogP contribution in [0.3, 0.4) is 0 Å². The Bertz CT molecular complexity index is 398. The minimum absolute atomic E-state index is 0.0683. The molecule has 2 unspecified atom stereocenters. The first-order chi connectivity index (χ1) is 6.59. The van der Waals surface area contributed by atoms with E-state index in [-0.39, 0.29) is 23.6 Å². The van der Waals surface area contributed by atoms with E-state index in [0.29, 0.717) is 12.2 Å². The SMILES string of the molecule is NC(=O)C1CC1c1ccc([N+](=O)[O-])o1. The molecule has 1 heterocycles. The van der Waals surface area contributed by atoms with Crippen LogP contribution in [0.1, 0.15) is 18.1 Å². The van der Waals surface area contributed by atoms with E-state index < -0.39 is 4.92 Å². The highest BCUT2D eigenvalue weighted by molar-refractivity contribution is 5.80. The van der Waals surface area contributed by atoms with Gasteiger partial charge in [0.15, 0.2) is 0 Å². The van der Waals surface area contributed by atoms with Crippen LogP contribution in [-0.4, -0.2) is 10.8 Å². The molecule has 0 radical (unpaired) electrons. The van der Waals surface area contributed by atoms with Gasteiger partial charge in [-0.2, -0.15) is 0 Å².